The average Bonchev–Trinajstić information content (AvgIpc) is 2.74. The molecule has 1 N–H and O–H groups in total. The minimum Gasteiger partial charge on any atom is -0.466 e. The van der Waals surface area contributed by atoms with Crippen LogP contribution in [0.3, 0.4) is 0 Å². The molecule has 1 heterocycles. The molecule has 4 nitrogen and oxygen atoms in total. The molecule has 0 saturated carbocycles. The number of allylic oxidation sites excluding steroid dienone is 1. The van der Waals surface area contributed by atoms with Crippen molar-refractivity contribution in [1.82, 2.24) is 0 Å². The number of ether oxygens (including phenoxy) is 1. The largest absolute Gasteiger partial charge is 0.466 e. The van der Waals surface area contributed by atoms with Crippen LogP contribution in [0.25, 0.3) is 6.08 Å². The zero-order chi connectivity index (χ0) is 20.8. The molecule has 2 aromatic carbocycles. The number of hydrogen-bond acceptors (Lipinski definition) is 4. The number of methoxy groups -OCH3 is 1. The number of halogens is 2. The Morgan fingerprint density at radius 3 is 2.52 bits per heavy atom. The molecule has 2 aromatic rings. The van der Waals surface area contributed by atoms with Crippen molar-refractivity contribution in [3.63, 3.8) is 0 Å². The molecular weight excluding hydrogens is 374 g/mol. The van der Waals surface area contributed by atoms with Crippen molar-refractivity contribution in [2.75, 3.05) is 30.4 Å². The van der Waals surface area contributed by atoms with E-state index in [1.165, 1.54) is 37.5 Å². The summed E-state index contributed by atoms with van der Waals surface area (Å²) in [7, 11) is 1.29. The van der Waals surface area contributed by atoms with Gasteiger partial charge in [0.05, 0.1) is 12.8 Å². The highest BCUT2D eigenvalue weighted by atomic mass is 19.1. The van der Waals surface area contributed by atoms with Gasteiger partial charge in [-0.1, -0.05) is 18.7 Å². The standard InChI is InChI=1S/C23H24F2N2O2/c1-16(17-12-14-27(15-13-17)20-9-7-19(24)8-10-20)26-23-18(4-3-5-21(23)25)6-11-22(28)29-2/h3-11,17,26H,1,12-15H2,2H3/b11-6+. The number of carbonyl (C=O) groups is 1. The van der Waals surface area contributed by atoms with E-state index >= 15 is 0 Å². The van der Waals surface area contributed by atoms with Gasteiger partial charge in [-0.3, -0.25) is 0 Å². The van der Waals surface area contributed by atoms with E-state index in [9.17, 15) is 13.6 Å². The Bertz CT molecular complexity index is 902. The molecule has 0 atom stereocenters. The fourth-order valence-electron chi connectivity index (χ4n) is 3.44. The molecule has 1 aliphatic heterocycles. The number of rotatable bonds is 6. The van der Waals surface area contributed by atoms with Crippen LogP contribution >= 0.6 is 0 Å². The average molecular weight is 398 g/mol. The van der Waals surface area contributed by atoms with Gasteiger partial charge >= 0.3 is 5.97 Å². The zero-order valence-corrected chi connectivity index (χ0v) is 16.3. The summed E-state index contributed by atoms with van der Waals surface area (Å²) in [6.07, 6.45) is 4.47. The van der Waals surface area contributed by atoms with Gasteiger partial charge in [0.2, 0.25) is 0 Å². The molecule has 0 spiro atoms. The van der Waals surface area contributed by atoms with Gasteiger partial charge in [-0.25, -0.2) is 13.6 Å². The summed E-state index contributed by atoms with van der Waals surface area (Å²) < 4.78 is 32.1. The van der Waals surface area contributed by atoms with Crippen LogP contribution in [-0.4, -0.2) is 26.2 Å². The third kappa shape index (κ3) is 5.22. The number of benzene rings is 2. The van der Waals surface area contributed by atoms with Gasteiger partial charge < -0.3 is 15.0 Å². The number of piperidine rings is 1. The molecule has 1 fully saturated rings. The van der Waals surface area contributed by atoms with E-state index in [1.54, 1.807) is 24.3 Å². The smallest absolute Gasteiger partial charge is 0.330 e. The number of carbonyl (C=O) groups excluding carboxylic acids is 1. The lowest BCUT2D eigenvalue weighted by Crippen LogP contribution is -2.35. The van der Waals surface area contributed by atoms with Gasteiger partial charge in [0.25, 0.3) is 0 Å². The van der Waals surface area contributed by atoms with Crippen LogP contribution < -0.4 is 10.2 Å². The van der Waals surface area contributed by atoms with E-state index < -0.39 is 11.8 Å². The molecule has 29 heavy (non-hydrogen) atoms. The Labute approximate surface area is 169 Å². The molecule has 0 aromatic heterocycles. The van der Waals surface area contributed by atoms with Crippen LogP contribution in [0.15, 0.2) is 60.8 Å². The number of esters is 1. The molecule has 0 radical (unpaired) electrons. The van der Waals surface area contributed by atoms with E-state index in [0.29, 0.717) is 11.3 Å². The molecule has 1 saturated heterocycles. The molecule has 0 aliphatic carbocycles. The number of nitrogens with zero attached hydrogens (tertiary/aromatic N) is 1. The second-order valence-electron chi connectivity index (χ2n) is 6.95. The minimum atomic E-state index is -0.507. The highest BCUT2D eigenvalue weighted by molar-refractivity contribution is 5.88. The summed E-state index contributed by atoms with van der Waals surface area (Å²) in [6.45, 7) is 5.73. The first-order chi connectivity index (χ1) is 14.0. The second-order valence-corrected chi connectivity index (χ2v) is 6.95. The summed E-state index contributed by atoms with van der Waals surface area (Å²) >= 11 is 0. The minimum absolute atomic E-state index is 0.184. The van der Waals surface area contributed by atoms with Gasteiger partial charge in [-0.15, -0.1) is 0 Å². The maximum atomic E-state index is 14.4. The van der Waals surface area contributed by atoms with Gasteiger partial charge in [-0.05, 0) is 49.2 Å². The monoisotopic (exact) mass is 398 g/mol. The Hall–Kier alpha value is -3.15. The summed E-state index contributed by atoms with van der Waals surface area (Å²) in [5, 5.41) is 3.11. The summed E-state index contributed by atoms with van der Waals surface area (Å²) in [5.74, 6) is -0.985. The second kappa shape index (κ2) is 9.37. The molecule has 6 heteroatoms. The molecular formula is C23H24F2N2O2. The number of hydrogen-bond donors (Lipinski definition) is 1. The quantitative estimate of drug-likeness (QED) is 0.550. The summed E-state index contributed by atoms with van der Waals surface area (Å²) in [5.41, 5.74) is 2.56. The van der Waals surface area contributed by atoms with Gasteiger partial charge in [0.15, 0.2) is 0 Å². The zero-order valence-electron chi connectivity index (χ0n) is 16.3. The Kier molecular flexibility index (Phi) is 6.65. The highest BCUT2D eigenvalue weighted by Gasteiger charge is 2.22. The maximum Gasteiger partial charge on any atom is 0.330 e. The maximum absolute atomic E-state index is 14.4. The predicted octanol–water partition coefficient (Wildman–Crippen LogP) is 4.99. The van der Waals surface area contributed by atoms with Crippen LogP contribution in [0, 0.1) is 17.6 Å². The van der Waals surface area contributed by atoms with Gasteiger partial charge in [0.1, 0.15) is 11.6 Å². The van der Waals surface area contributed by atoms with E-state index in [1.807, 2.05) is 0 Å². The fourth-order valence-corrected chi connectivity index (χ4v) is 3.44. The van der Waals surface area contributed by atoms with Crippen molar-refractivity contribution in [1.29, 1.82) is 0 Å². The molecule has 3 rings (SSSR count). The van der Waals surface area contributed by atoms with Crippen molar-refractivity contribution < 1.29 is 18.3 Å². The van der Waals surface area contributed by atoms with Gasteiger partial charge in [-0.2, -0.15) is 0 Å². The van der Waals surface area contributed by atoms with Crippen molar-refractivity contribution in [3.05, 3.63) is 78.0 Å². The van der Waals surface area contributed by atoms with E-state index in [-0.39, 0.29) is 11.7 Å². The van der Waals surface area contributed by atoms with E-state index in [0.717, 1.165) is 37.3 Å². The molecule has 0 unspecified atom stereocenters. The predicted molar refractivity (Wildman–Crippen MR) is 112 cm³/mol. The Morgan fingerprint density at radius 1 is 1.17 bits per heavy atom. The van der Waals surface area contributed by atoms with Crippen LogP contribution in [0.5, 0.6) is 0 Å². The number of para-hydroxylation sites is 1. The molecule has 0 bridgehead atoms. The Balaban J connectivity index is 1.65. The topological polar surface area (TPSA) is 41.6 Å². The molecule has 0 amide bonds. The van der Waals surface area contributed by atoms with E-state index in [2.05, 4.69) is 21.5 Å². The fraction of sp³-hybridized carbons (Fsp3) is 0.261. The van der Waals surface area contributed by atoms with Crippen molar-refractivity contribution >= 4 is 23.4 Å². The van der Waals surface area contributed by atoms with Crippen LogP contribution in [0.2, 0.25) is 0 Å². The number of anilines is 2. The molecule has 1 aliphatic rings. The van der Waals surface area contributed by atoms with E-state index in [4.69, 9.17) is 0 Å². The van der Waals surface area contributed by atoms with Crippen molar-refractivity contribution in [2.45, 2.75) is 12.8 Å². The highest BCUT2D eigenvalue weighted by Crippen LogP contribution is 2.30. The summed E-state index contributed by atoms with van der Waals surface area (Å²) in [4.78, 5) is 13.6. The lowest BCUT2D eigenvalue weighted by atomic mass is 9.93. The lowest BCUT2D eigenvalue weighted by Gasteiger charge is -2.34. The van der Waals surface area contributed by atoms with Crippen molar-refractivity contribution in [2.24, 2.45) is 5.92 Å². The first-order valence-corrected chi connectivity index (χ1v) is 9.49. The van der Waals surface area contributed by atoms with Crippen molar-refractivity contribution in [3.8, 4) is 0 Å². The third-order valence-corrected chi connectivity index (χ3v) is 5.11. The normalized spacial score (nSPS) is 14.8. The first-order valence-electron chi connectivity index (χ1n) is 9.49. The van der Waals surface area contributed by atoms with Crippen LogP contribution in [-0.2, 0) is 9.53 Å². The summed E-state index contributed by atoms with van der Waals surface area (Å²) in [6, 6.07) is 11.1. The first kappa shape index (κ1) is 20.6. The SMILES string of the molecule is C=C(Nc1c(F)cccc1/C=C/C(=O)OC)C1CCN(c2ccc(F)cc2)CC1. The van der Waals surface area contributed by atoms with Gasteiger partial charge in [0, 0.05) is 42.0 Å². The third-order valence-electron chi connectivity index (χ3n) is 5.11. The Morgan fingerprint density at radius 2 is 1.86 bits per heavy atom. The van der Waals surface area contributed by atoms with Crippen LogP contribution in [0.4, 0.5) is 20.2 Å². The van der Waals surface area contributed by atoms with Crippen LogP contribution in [0.1, 0.15) is 18.4 Å². The molecule has 152 valence electrons. The lowest BCUT2D eigenvalue weighted by molar-refractivity contribution is -0.134. The number of nitrogens with one attached hydrogen (secondary N) is 1.